The number of halogens is 1. The first kappa shape index (κ1) is 11.8. The van der Waals surface area contributed by atoms with Crippen LogP contribution in [0.25, 0.3) is 0 Å². The molecule has 3 heteroatoms. The van der Waals surface area contributed by atoms with E-state index in [1.165, 1.54) is 30.4 Å². The van der Waals surface area contributed by atoms with Gasteiger partial charge in [0.25, 0.3) is 0 Å². The van der Waals surface area contributed by atoms with E-state index in [-0.39, 0.29) is 0 Å². The van der Waals surface area contributed by atoms with Crippen molar-refractivity contribution in [2.24, 2.45) is 5.92 Å². The average Bonchev–Trinajstić information content (AvgIpc) is 2.68. The smallest absolute Gasteiger partial charge is 0.161 e. The Morgan fingerprint density at radius 2 is 1.62 bits per heavy atom. The van der Waals surface area contributed by atoms with Crippen molar-refractivity contribution < 1.29 is 9.47 Å². The molecule has 2 nitrogen and oxygen atoms in total. The van der Waals surface area contributed by atoms with Crippen molar-refractivity contribution in [3.05, 3.63) is 23.3 Å². The first-order valence-electron chi connectivity index (χ1n) is 5.58. The second-order valence-corrected chi connectivity index (χ2v) is 5.02. The Balaban J connectivity index is 2.25. The molecule has 0 spiro atoms. The van der Waals surface area contributed by atoms with E-state index in [0.29, 0.717) is 0 Å². The summed E-state index contributed by atoms with van der Waals surface area (Å²) < 4.78 is 10.6. The Morgan fingerprint density at radius 1 is 1.12 bits per heavy atom. The summed E-state index contributed by atoms with van der Waals surface area (Å²) >= 11 is 3.51. The van der Waals surface area contributed by atoms with E-state index in [1.807, 2.05) is 0 Å². The Morgan fingerprint density at radius 3 is 2.00 bits per heavy atom. The minimum absolute atomic E-state index is 0.770. The van der Waals surface area contributed by atoms with E-state index >= 15 is 0 Å². The predicted molar refractivity (Wildman–Crippen MR) is 68.9 cm³/mol. The molecule has 16 heavy (non-hydrogen) atoms. The van der Waals surface area contributed by atoms with E-state index in [0.717, 1.165) is 22.7 Å². The van der Waals surface area contributed by atoms with Gasteiger partial charge in [-0.15, -0.1) is 0 Å². The molecule has 88 valence electrons. The fraction of sp³-hybridized carbons (Fsp3) is 0.538. The molecule has 1 aliphatic carbocycles. The molecule has 0 radical (unpaired) electrons. The quantitative estimate of drug-likeness (QED) is 0.791. The topological polar surface area (TPSA) is 18.5 Å². The molecule has 0 bridgehead atoms. The Hall–Kier alpha value is -0.700. The third-order valence-electron chi connectivity index (χ3n) is 3.24. The molecule has 0 fully saturated rings. The lowest BCUT2D eigenvalue weighted by atomic mass is 10.0. The van der Waals surface area contributed by atoms with Gasteiger partial charge in [-0.1, -0.05) is 15.9 Å². The first-order valence-corrected chi connectivity index (χ1v) is 6.70. The van der Waals surface area contributed by atoms with Crippen LogP contribution in [-0.4, -0.2) is 19.5 Å². The SMILES string of the molecule is COc1cc2c(cc1OC)CC(CCBr)C2. The highest BCUT2D eigenvalue weighted by atomic mass is 79.9. The van der Waals surface area contributed by atoms with Gasteiger partial charge in [-0.2, -0.15) is 0 Å². The fourth-order valence-electron chi connectivity index (χ4n) is 2.40. The summed E-state index contributed by atoms with van der Waals surface area (Å²) in [7, 11) is 3.38. The molecule has 0 N–H and O–H groups in total. The van der Waals surface area contributed by atoms with Crippen molar-refractivity contribution in [3.8, 4) is 11.5 Å². The molecule has 1 aromatic carbocycles. The molecular formula is C13H17BrO2. The van der Waals surface area contributed by atoms with Crippen LogP contribution in [0.5, 0.6) is 11.5 Å². The largest absolute Gasteiger partial charge is 0.493 e. The number of hydrogen-bond acceptors (Lipinski definition) is 2. The van der Waals surface area contributed by atoms with E-state index in [1.54, 1.807) is 14.2 Å². The number of fused-ring (bicyclic) bond motifs is 1. The third kappa shape index (κ3) is 2.19. The lowest BCUT2D eigenvalue weighted by Crippen LogP contribution is -1.99. The maximum atomic E-state index is 5.32. The van der Waals surface area contributed by atoms with Crippen LogP contribution >= 0.6 is 15.9 Å². The number of ether oxygens (including phenoxy) is 2. The highest BCUT2D eigenvalue weighted by molar-refractivity contribution is 9.09. The van der Waals surface area contributed by atoms with Crippen molar-refractivity contribution >= 4 is 15.9 Å². The van der Waals surface area contributed by atoms with E-state index in [4.69, 9.17) is 9.47 Å². The minimum atomic E-state index is 0.770. The summed E-state index contributed by atoms with van der Waals surface area (Å²) in [6.07, 6.45) is 3.57. The van der Waals surface area contributed by atoms with Gasteiger partial charge >= 0.3 is 0 Å². The van der Waals surface area contributed by atoms with Gasteiger partial charge in [0.15, 0.2) is 11.5 Å². The summed E-state index contributed by atoms with van der Waals surface area (Å²) in [6, 6.07) is 4.25. The monoisotopic (exact) mass is 284 g/mol. The molecule has 0 heterocycles. The molecule has 0 saturated carbocycles. The van der Waals surface area contributed by atoms with Crippen molar-refractivity contribution in [1.29, 1.82) is 0 Å². The minimum Gasteiger partial charge on any atom is -0.493 e. The molecule has 1 aliphatic rings. The van der Waals surface area contributed by atoms with Crippen LogP contribution in [0.1, 0.15) is 17.5 Å². The zero-order chi connectivity index (χ0) is 11.5. The Bertz CT molecular complexity index is 343. The molecule has 0 aliphatic heterocycles. The second-order valence-electron chi connectivity index (χ2n) is 4.23. The van der Waals surface area contributed by atoms with E-state index < -0.39 is 0 Å². The summed E-state index contributed by atoms with van der Waals surface area (Å²) in [5.74, 6) is 2.47. The summed E-state index contributed by atoms with van der Waals surface area (Å²) in [5, 5.41) is 1.08. The van der Waals surface area contributed by atoms with Gasteiger partial charge in [-0.05, 0) is 48.4 Å². The highest BCUT2D eigenvalue weighted by Crippen LogP contribution is 2.37. The number of alkyl halides is 1. The third-order valence-corrected chi connectivity index (χ3v) is 3.70. The van der Waals surface area contributed by atoms with Gasteiger partial charge in [0.05, 0.1) is 14.2 Å². The zero-order valence-electron chi connectivity index (χ0n) is 9.75. The van der Waals surface area contributed by atoms with Gasteiger partial charge < -0.3 is 9.47 Å². The summed E-state index contributed by atoms with van der Waals surface area (Å²) in [6.45, 7) is 0. The van der Waals surface area contributed by atoms with Crippen LogP contribution in [0, 0.1) is 5.92 Å². The van der Waals surface area contributed by atoms with Crippen LogP contribution in [0.4, 0.5) is 0 Å². The van der Waals surface area contributed by atoms with Gasteiger partial charge in [-0.3, -0.25) is 0 Å². The molecule has 0 unspecified atom stereocenters. The lowest BCUT2D eigenvalue weighted by Gasteiger charge is -2.09. The van der Waals surface area contributed by atoms with Gasteiger partial charge in [0.1, 0.15) is 0 Å². The van der Waals surface area contributed by atoms with Crippen LogP contribution in [0.2, 0.25) is 0 Å². The fourth-order valence-corrected chi connectivity index (χ4v) is 3.04. The van der Waals surface area contributed by atoms with Crippen molar-refractivity contribution in [2.75, 3.05) is 19.5 Å². The summed E-state index contributed by atoms with van der Waals surface area (Å²) in [5.41, 5.74) is 2.84. The number of hydrogen-bond donors (Lipinski definition) is 0. The normalized spacial score (nSPS) is 14.9. The number of rotatable bonds is 4. The Kier molecular flexibility index (Phi) is 3.74. The molecular weight excluding hydrogens is 268 g/mol. The molecule has 1 aromatic rings. The van der Waals surface area contributed by atoms with E-state index in [9.17, 15) is 0 Å². The molecule has 0 aromatic heterocycles. The van der Waals surface area contributed by atoms with Crippen molar-refractivity contribution in [1.82, 2.24) is 0 Å². The molecule has 2 rings (SSSR count). The number of benzene rings is 1. The number of methoxy groups -OCH3 is 2. The lowest BCUT2D eigenvalue weighted by molar-refractivity contribution is 0.354. The van der Waals surface area contributed by atoms with Gasteiger partial charge in [-0.25, -0.2) is 0 Å². The summed E-state index contributed by atoms with van der Waals surface area (Å²) in [4.78, 5) is 0. The maximum absolute atomic E-state index is 5.32. The molecule has 0 atom stereocenters. The maximum Gasteiger partial charge on any atom is 0.161 e. The predicted octanol–water partition coefficient (Wildman–Crippen LogP) is 3.20. The van der Waals surface area contributed by atoms with Crippen LogP contribution in [-0.2, 0) is 12.8 Å². The van der Waals surface area contributed by atoms with Crippen molar-refractivity contribution in [3.63, 3.8) is 0 Å². The molecule has 0 amide bonds. The zero-order valence-corrected chi connectivity index (χ0v) is 11.3. The van der Waals surface area contributed by atoms with Crippen LogP contribution in [0.15, 0.2) is 12.1 Å². The highest BCUT2D eigenvalue weighted by Gasteiger charge is 2.23. The van der Waals surface area contributed by atoms with Gasteiger partial charge in [0, 0.05) is 5.33 Å². The first-order chi connectivity index (χ1) is 7.78. The standard InChI is InChI=1S/C13H17BrO2/c1-15-12-7-10-5-9(3-4-14)6-11(10)8-13(12)16-2/h7-9H,3-6H2,1-2H3. The van der Waals surface area contributed by atoms with Crippen molar-refractivity contribution in [2.45, 2.75) is 19.3 Å². The Labute approximate surface area is 105 Å². The second kappa shape index (κ2) is 5.09. The van der Waals surface area contributed by atoms with Crippen LogP contribution < -0.4 is 9.47 Å². The van der Waals surface area contributed by atoms with Gasteiger partial charge in [0.2, 0.25) is 0 Å². The average molecular weight is 285 g/mol. The molecule has 0 saturated heterocycles. The van der Waals surface area contributed by atoms with Crippen LogP contribution in [0.3, 0.4) is 0 Å². The van der Waals surface area contributed by atoms with E-state index in [2.05, 4.69) is 28.1 Å².